The molecule has 0 N–H and O–H groups in total. The monoisotopic (exact) mass is 354 g/mol. The molecule has 0 saturated heterocycles. The van der Waals surface area contributed by atoms with Crippen LogP contribution in [0, 0.1) is 3.57 Å². The summed E-state index contributed by atoms with van der Waals surface area (Å²) in [5.74, 6) is 0. The second kappa shape index (κ2) is 3.61. The van der Waals surface area contributed by atoms with Crippen molar-refractivity contribution < 1.29 is 21.6 Å². The van der Waals surface area contributed by atoms with Crippen molar-refractivity contribution in [3.63, 3.8) is 0 Å². The Morgan fingerprint density at radius 1 is 1.40 bits per heavy atom. The van der Waals surface area contributed by atoms with Gasteiger partial charge in [0.15, 0.2) is 20.6 Å². The first-order chi connectivity index (χ1) is 6.55. The maximum absolute atomic E-state index is 12.4. The van der Waals surface area contributed by atoms with E-state index in [2.05, 4.69) is 5.10 Å². The smallest absolute Gasteiger partial charge is 0.256 e. The van der Waals surface area contributed by atoms with Crippen LogP contribution in [0.2, 0.25) is 0 Å². The van der Waals surface area contributed by atoms with Crippen LogP contribution in [0.4, 0.5) is 13.2 Å². The fraction of sp³-hybridized carbons (Fsp3) is 0.500. The van der Waals surface area contributed by atoms with Gasteiger partial charge in [-0.2, -0.15) is 18.3 Å². The number of hydrogen-bond acceptors (Lipinski definition) is 3. The van der Waals surface area contributed by atoms with Crippen LogP contribution >= 0.6 is 22.6 Å². The maximum atomic E-state index is 12.4. The predicted molar refractivity (Wildman–Crippen MR) is 54.0 cm³/mol. The van der Waals surface area contributed by atoms with Gasteiger partial charge in [0, 0.05) is 13.3 Å². The number of nitrogens with zero attached hydrogens (tertiary/aromatic N) is 2. The largest absolute Gasteiger partial charge is 0.436 e. The molecule has 1 heterocycles. The van der Waals surface area contributed by atoms with E-state index in [9.17, 15) is 21.6 Å². The van der Waals surface area contributed by atoms with Gasteiger partial charge in [-0.3, -0.25) is 4.68 Å². The van der Waals surface area contributed by atoms with Crippen LogP contribution in [0.15, 0.2) is 5.03 Å². The highest BCUT2D eigenvalue weighted by molar-refractivity contribution is 14.1. The van der Waals surface area contributed by atoms with Gasteiger partial charge < -0.3 is 0 Å². The van der Waals surface area contributed by atoms with Crippen LogP contribution in [0.5, 0.6) is 0 Å². The number of aryl methyl sites for hydroxylation is 1. The minimum absolute atomic E-state index is 0.398. The minimum Gasteiger partial charge on any atom is -0.256 e. The number of aromatic nitrogens is 2. The van der Waals surface area contributed by atoms with E-state index in [1.54, 1.807) is 0 Å². The molecule has 86 valence electrons. The van der Waals surface area contributed by atoms with Crippen LogP contribution in [0.25, 0.3) is 0 Å². The van der Waals surface area contributed by atoms with Gasteiger partial charge in [-0.15, -0.1) is 0 Å². The first-order valence-corrected chi connectivity index (χ1v) is 6.52. The number of halogens is 4. The highest BCUT2D eigenvalue weighted by atomic mass is 127. The van der Waals surface area contributed by atoms with Gasteiger partial charge in [-0.05, 0) is 22.6 Å². The van der Waals surface area contributed by atoms with E-state index in [0.29, 0.717) is 0 Å². The predicted octanol–water partition coefficient (Wildman–Crippen LogP) is 1.45. The molecule has 1 rings (SSSR count). The van der Waals surface area contributed by atoms with E-state index in [4.69, 9.17) is 0 Å². The molecule has 0 radical (unpaired) electrons. The van der Waals surface area contributed by atoms with Gasteiger partial charge in [0.2, 0.25) is 0 Å². The molecule has 0 saturated carbocycles. The summed E-state index contributed by atoms with van der Waals surface area (Å²) in [5.41, 5.74) is -1.17. The number of hydrogen-bond donors (Lipinski definition) is 0. The van der Waals surface area contributed by atoms with Crippen molar-refractivity contribution >= 4 is 32.4 Å². The zero-order valence-corrected chi connectivity index (χ0v) is 10.6. The van der Waals surface area contributed by atoms with Crippen LogP contribution in [0.3, 0.4) is 0 Å². The molecule has 0 amide bonds. The molecular formula is C6H6F3IN2O2S. The maximum Gasteiger partial charge on any atom is 0.436 e. The summed E-state index contributed by atoms with van der Waals surface area (Å²) in [6.07, 6.45) is -3.80. The van der Waals surface area contributed by atoms with Gasteiger partial charge in [0.05, 0.1) is 3.57 Å². The molecular weight excluding hydrogens is 348 g/mol. The van der Waals surface area contributed by atoms with E-state index in [-0.39, 0.29) is 0 Å². The minimum atomic E-state index is -4.64. The highest BCUT2D eigenvalue weighted by Gasteiger charge is 2.39. The fourth-order valence-corrected chi connectivity index (χ4v) is 3.97. The Balaban J connectivity index is 3.55. The van der Waals surface area contributed by atoms with Gasteiger partial charge in [-0.25, -0.2) is 8.42 Å². The summed E-state index contributed by atoms with van der Waals surface area (Å²) >= 11 is 1.33. The molecule has 0 aliphatic carbocycles. The van der Waals surface area contributed by atoms with E-state index in [1.165, 1.54) is 22.6 Å². The first kappa shape index (κ1) is 12.7. The zero-order valence-electron chi connectivity index (χ0n) is 7.63. The third-order valence-electron chi connectivity index (χ3n) is 1.56. The van der Waals surface area contributed by atoms with Crippen molar-refractivity contribution in [2.24, 2.45) is 7.05 Å². The molecule has 0 aromatic carbocycles. The topological polar surface area (TPSA) is 52.0 Å². The summed E-state index contributed by atoms with van der Waals surface area (Å²) in [7, 11) is -2.55. The first-order valence-electron chi connectivity index (χ1n) is 3.55. The molecule has 0 spiro atoms. The average molecular weight is 354 g/mol. The lowest BCUT2D eigenvalue weighted by Crippen LogP contribution is -2.08. The third-order valence-corrected chi connectivity index (χ3v) is 4.12. The van der Waals surface area contributed by atoms with Crippen molar-refractivity contribution in [1.82, 2.24) is 9.78 Å². The van der Waals surface area contributed by atoms with Gasteiger partial charge in [-0.1, -0.05) is 0 Å². The Kier molecular flexibility index (Phi) is 3.07. The molecule has 0 atom stereocenters. The normalized spacial score (nSPS) is 13.2. The molecule has 9 heteroatoms. The van der Waals surface area contributed by atoms with Crippen molar-refractivity contribution in [1.29, 1.82) is 0 Å². The molecule has 15 heavy (non-hydrogen) atoms. The van der Waals surface area contributed by atoms with Crippen LogP contribution in [-0.4, -0.2) is 24.5 Å². The molecule has 0 aliphatic heterocycles. The average Bonchev–Trinajstić information content (AvgIpc) is 2.22. The van der Waals surface area contributed by atoms with Crippen LogP contribution in [-0.2, 0) is 23.1 Å². The Bertz CT molecular complexity index is 491. The lowest BCUT2D eigenvalue weighted by molar-refractivity contribution is -0.142. The summed E-state index contributed by atoms with van der Waals surface area (Å²) in [4.78, 5) is 0. The van der Waals surface area contributed by atoms with Crippen LogP contribution in [0.1, 0.15) is 5.69 Å². The van der Waals surface area contributed by atoms with Gasteiger partial charge >= 0.3 is 6.18 Å². The molecule has 0 bridgehead atoms. The highest BCUT2D eigenvalue weighted by Crippen LogP contribution is 2.34. The molecule has 0 fully saturated rings. The Hall–Kier alpha value is -0.320. The lowest BCUT2D eigenvalue weighted by Gasteiger charge is -2.01. The molecule has 0 unspecified atom stereocenters. The Labute approximate surface area is 97.5 Å². The van der Waals surface area contributed by atoms with Crippen molar-refractivity contribution in [2.75, 3.05) is 6.26 Å². The zero-order chi connectivity index (χ0) is 12.0. The standard InChI is InChI=1S/C6H6F3IN2O2S/c1-12-5(15(2,13)14)3(10)4(11-12)6(7,8)9/h1-2H3. The van der Waals surface area contributed by atoms with E-state index in [1.807, 2.05) is 0 Å². The fourth-order valence-electron chi connectivity index (χ4n) is 1.07. The Morgan fingerprint density at radius 2 is 1.87 bits per heavy atom. The quantitative estimate of drug-likeness (QED) is 0.718. The van der Waals surface area contributed by atoms with Crippen molar-refractivity contribution in [3.05, 3.63) is 9.26 Å². The molecule has 1 aromatic heterocycles. The molecule has 4 nitrogen and oxygen atoms in total. The second-order valence-corrected chi connectivity index (χ2v) is 5.87. The van der Waals surface area contributed by atoms with E-state index < -0.39 is 30.3 Å². The second-order valence-electron chi connectivity index (χ2n) is 2.86. The summed E-state index contributed by atoms with van der Waals surface area (Å²) in [5, 5.41) is 2.73. The SMILES string of the molecule is Cn1nc(C(F)(F)F)c(I)c1S(C)(=O)=O. The van der Waals surface area contributed by atoms with E-state index >= 15 is 0 Å². The van der Waals surface area contributed by atoms with Crippen molar-refractivity contribution in [2.45, 2.75) is 11.2 Å². The number of rotatable bonds is 1. The summed E-state index contributed by atoms with van der Waals surface area (Å²) < 4.78 is 59.8. The van der Waals surface area contributed by atoms with Gasteiger partial charge in [0.1, 0.15) is 0 Å². The van der Waals surface area contributed by atoms with Crippen molar-refractivity contribution in [3.8, 4) is 0 Å². The third kappa shape index (κ3) is 2.44. The number of sulfone groups is 1. The Morgan fingerprint density at radius 3 is 2.07 bits per heavy atom. The lowest BCUT2D eigenvalue weighted by atomic mass is 10.4. The molecule has 0 aliphatic rings. The van der Waals surface area contributed by atoms with Gasteiger partial charge in [0.25, 0.3) is 0 Å². The van der Waals surface area contributed by atoms with E-state index in [0.717, 1.165) is 18.0 Å². The van der Waals surface area contributed by atoms with Crippen LogP contribution < -0.4 is 0 Å². The summed E-state index contributed by atoms with van der Waals surface area (Å²) in [6.45, 7) is 0. The molecule has 1 aromatic rings. The number of alkyl halides is 3. The summed E-state index contributed by atoms with van der Waals surface area (Å²) in [6, 6.07) is 0.